The molecule has 1 heterocycles. The van der Waals surface area contributed by atoms with Gasteiger partial charge < -0.3 is 5.32 Å². The molecule has 0 aromatic heterocycles. The molecule has 0 unspecified atom stereocenters. The Morgan fingerprint density at radius 3 is 2.50 bits per heavy atom. The van der Waals surface area contributed by atoms with Crippen LogP contribution in [0.25, 0.3) is 0 Å². The number of hydrogen-bond acceptors (Lipinski definition) is 2. The number of alkyl halides is 3. The van der Waals surface area contributed by atoms with Crippen molar-refractivity contribution in [2.24, 2.45) is 4.99 Å². The lowest BCUT2D eigenvalue weighted by Gasteiger charge is -2.13. The Bertz CT molecular complexity index is 180. The highest BCUT2D eigenvalue weighted by molar-refractivity contribution is 5.73. The van der Waals surface area contributed by atoms with E-state index in [-0.39, 0.29) is 6.67 Å². The standard InChI is InChI=1S/C5H5F3N2/c6-5(7,8)4-1-2-9-3-10-4/h1-2,10H,3H2. The van der Waals surface area contributed by atoms with Gasteiger partial charge in [-0.3, -0.25) is 4.99 Å². The van der Waals surface area contributed by atoms with Crippen LogP contribution in [0, 0.1) is 0 Å². The minimum Gasteiger partial charge on any atom is -0.362 e. The third-order valence-corrected chi connectivity index (χ3v) is 1.01. The van der Waals surface area contributed by atoms with Gasteiger partial charge in [-0.05, 0) is 6.08 Å². The van der Waals surface area contributed by atoms with E-state index < -0.39 is 11.9 Å². The molecule has 2 nitrogen and oxygen atoms in total. The minimum absolute atomic E-state index is 0.00530. The van der Waals surface area contributed by atoms with Crippen molar-refractivity contribution < 1.29 is 13.2 Å². The molecule has 0 saturated carbocycles. The average molecular weight is 150 g/mol. The molecule has 0 aromatic carbocycles. The minimum atomic E-state index is -4.27. The van der Waals surface area contributed by atoms with Crippen LogP contribution in [0.5, 0.6) is 0 Å². The van der Waals surface area contributed by atoms with E-state index in [4.69, 9.17) is 0 Å². The van der Waals surface area contributed by atoms with Gasteiger partial charge in [-0.15, -0.1) is 0 Å². The molecule has 1 N–H and O–H groups in total. The second-order valence-electron chi connectivity index (χ2n) is 1.74. The van der Waals surface area contributed by atoms with Crippen molar-refractivity contribution in [3.63, 3.8) is 0 Å². The van der Waals surface area contributed by atoms with Crippen LogP contribution < -0.4 is 5.32 Å². The predicted octanol–water partition coefficient (Wildman–Crippen LogP) is 1.06. The highest BCUT2D eigenvalue weighted by Gasteiger charge is 2.33. The maximum atomic E-state index is 11.7. The van der Waals surface area contributed by atoms with Gasteiger partial charge in [0.2, 0.25) is 0 Å². The lowest BCUT2D eigenvalue weighted by molar-refractivity contribution is -0.0966. The lowest BCUT2D eigenvalue weighted by atomic mass is 10.4. The Balaban J connectivity index is 2.72. The van der Waals surface area contributed by atoms with E-state index in [1.54, 1.807) is 0 Å². The fourth-order valence-electron chi connectivity index (χ4n) is 0.564. The lowest BCUT2D eigenvalue weighted by Crippen LogP contribution is -2.28. The van der Waals surface area contributed by atoms with Gasteiger partial charge in [0, 0.05) is 6.21 Å². The smallest absolute Gasteiger partial charge is 0.362 e. The van der Waals surface area contributed by atoms with Gasteiger partial charge in [0.1, 0.15) is 12.4 Å². The zero-order valence-corrected chi connectivity index (χ0v) is 4.94. The van der Waals surface area contributed by atoms with Crippen LogP contribution >= 0.6 is 0 Å². The fraction of sp³-hybridized carbons (Fsp3) is 0.400. The zero-order valence-electron chi connectivity index (χ0n) is 4.94. The van der Waals surface area contributed by atoms with E-state index in [2.05, 4.69) is 10.3 Å². The van der Waals surface area contributed by atoms with Gasteiger partial charge in [0.25, 0.3) is 0 Å². The van der Waals surface area contributed by atoms with E-state index in [9.17, 15) is 13.2 Å². The maximum Gasteiger partial charge on any atom is 0.431 e. The van der Waals surface area contributed by atoms with Gasteiger partial charge in [-0.1, -0.05) is 0 Å². The molecule has 0 aliphatic carbocycles. The van der Waals surface area contributed by atoms with Gasteiger partial charge in [0.05, 0.1) is 0 Å². The topological polar surface area (TPSA) is 24.4 Å². The maximum absolute atomic E-state index is 11.7. The first kappa shape index (κ1) is 7.11. The summed E-state index contributed by atoms with van der Waals surface area (Å²) in [6, 6.07) is 0. The average Bonchev–Trinajstić information content (AvgIpc) is 1.88. The summed E-state index contributed by atoms with van der Waals surface area (Å²) in [4.78, 5) is 3.53. The Kier molecular flexibility index (Phi) is 1.65. The van der Waals surface area contributed by atoms with E-state index in [1.165, 1.54) is 0 Å². The first-order valence-electron chi connectivity index (χ1n) is 2.62. The second-order valence-corrected chi connectivity index (χ2v) is 1.74. The Hall–Kier alpha value is -1.00. The third kappa shape index (κ3) is 1.49. The van der Waals surface area contributed by atoms with Crippen LogP contribution in [0.4, 0.5) is 13.2 Å². The summed E-state index contributed by atoms with van der Waals surface area (Å²) in [7, 11) is 0. The monoisotopic (exact) mass is 150 g/mol. The van der Waals surface area contributed by atoms with E-state index in [0.29, 0.717) is 0 Å². The summed E-state index contributed by atoms with van der Waals surface area (Å²) < 4.78 is 35.2. The van der Waals surface area contributed by atoms with Crippen LogP contribution in [0.3, 0.4) is 0 Å². The molecule has 1 rings (SSSR count). The highest BCUT2D eigenvalue weighted by atomic mass is 19.4. The van der Waals surface area contributed by atoms with Crippen LogP contribution in [0.15, 0.2) is 16.8 Å². The summed E-state index contributed by atoms with van der Waals surface area (Å²) in [6.45, 7) is 0.00530. The molecule has 0 spiro atoms. The van der Waals surface area contributed by atoms with Crippen molar-refractivity contribution in [3.8, 4) is 0 Å². The Morgan fingerprint density at radius 1 is 1.50 bits per heavy atom. The van der Waals surface area contributed by atoms with Crippen molar-refractivity contribution in [3.05, 3.63) is 11.8 Å². The third-order valence-electron chi connectivity index (χ3n) is 1.01. The molecule has 0 saturated heterocycles. The summed E-state index contributed by atoms with van der Waals surface area (Å²) in [5.41, 5.74) is -0.734. The van der Waals surface area contributed by atoms with Crippen molar-refractivity contribution in [2.75, 3.05) is 6.67 Å². The van der Waals surface area contributed by atoms with Crippen molar-refractivity contribution in [1.29, 1.82) is 0 Å². The molecule has 0 radical (unpaired) electrons. The summed E-state index contributed by atoms with van der Waals surface area (Å²) >= 11 is 0. The van der Waals surface area contributed by atoms with E-state index >= 15 is 0 Å². The number of hydrogen-bond donors (Lipinski definition) is 1. The number of nitrogens with one attached hydrogen (secondary N) is 1. The predicted molar refractivity (Wildman–Crippen MR) is 30.6 cm³/mol. The largest absolute Gasteiger partial charge is 0.431 e. The Morgan fingerprint density at radius 2 is 2.20 bits per heavy atom. The quantitative estimate of drug-likeness (QED) is 0.548. The normalized spacial score (nSPS) is 18.1. The fourth-order valence-corrected chi connectivity index (χ4v) is 0.564. The molecule has 0 atom stereocenters. The molecule has 1 aliphatic heterocycles. The molecule has 0 bridgehead atoms. The Labute approximate surface area is 55.4 Å². The van der Waals surface area contributed by atoms with Crippen LogP contribution in [0.2, 0.25) is 0 Å². The molecule has 0 aromatic rings. The number of allylic oxidation sites excluding steroid dienone is 2. The SMILES string of the molecule is FC(F)(F)C1=CC=NCN1. The van der Waals surface area contributed by atoms with Crippen molar-refractivity contribution >= 4 is 6.21 Å². The van der Waals surface area contributed by atoms with Crippen molar-refractivity contribution in [2.45, 2.75) is 6.18 Å². The first-order chi connectivity index (χ1) is 4.61. The zero-order chi connectivity index (χ0) is 7.61. The van der Waals surface area contributed by atoms with Gasteiger partial charge >= 0.3 is 6.18 Å². The molecule has 1 aliphatic rings. The molecule has 10 heavy (non-hydrogen) atoms. The molecule has 0 amide bonds. The molecule has 56 valence electrons. The molecular formula is C5H5F3N2. The van der Waals surface area contributed by atoms with Crippen LogP contribution in [-0.2, 0) is 0 Å². The van der Waals surface area contributed by atoms with Crippen LogP contribution in [0.1, 0.15) is 0 Å². The van der Waals surface area contributed by atoms with Gasteiger partial charge in [0.15, 0.2) is 0 Å². The molecule has 5 heteroatoms. The summed E-state index contributed by atoms with van der Waals surface area (Å²) in [5.74, 6) is 0. The van der Waals surface area contributed by atoms with Gasteiger partial charge in [-0.25, -0.2) is 0 Å². The second kappa shape index (κ2) is 2.32. The molecular weight excluding hydrogens is 145 g/mol. The number of aliphatic imine (C=N–C) groups is 1. The molecule has 0 fully saturated rings. The first-order valence-corrected chi connectivity index (χ1v) is 2.62. The highest BCUT2D eigenvalue weighted by Crippen LogP contribution is 2.23. The van der Waals surface area contributed by atoms with E-state index in [1.807, 2.05) is 0 Å². The summed E-state index contributed by atoms with van der Waals surface area (Å²) in [5, 5.41) is 2.10. The summed E-state index contributed by atoms with van der Waals surface area (Å²) in [6.07, 6.45) is -2.23. The number of halogens is 3. The number of rotatable bonds is 0. The van der Waals surface area contributed by atoms with Gasteiger partial charge in [-0.2, -0.15) is 13.2 Å². The van der Waals surface area contributed by atoms with E-state index in [0.717, 1.165) is 12.3 Å². The van der Waals surface area contributed by atoms with Crippen molar-refractivity contribution in [1.82, 2.24) is 5.32 Å². The number of nitrogens with zero attached hydrogens (tertiary/aromatic N) is 1. The van der Waals surface area contributed by atoms with Crippen LogP contribution in [-0.4, -0.2) is 19.1 Å².